The molecule has 7 heteroatoms. The van der Waals surface area contributed by atoms with Crippen LogP contribution in [0.15, 0.2) is 36.4 Å². The minimum Gasteiger partial charge on any atom is -0.494 e. The molecule has 5 nitrogen and oxygen atoms in total. The quantitative estimate of drug-likeness (QED) is 0.497. The molecule has 1 aromatic heterocycles. The van der Waals surface area contributed by atoms with Crippen LogP contribution < -0.4 is 9.64 Å². The van der Waals surface area contributed by atoms with Crippen molar-refractivity contribution < 1.29 is 14.3 Å². The summed E-state index contributed by atoms with van der Waals surface area (Å²) < 4.78 is 12.1. The first kappa shape index (κ1) is 21.1. The molecule has 1 fully saturated rings. The molecule has 1 unspecified atom stereocenters. The van der Waals surface area contributed by atoms with Gasteiger partial charge in [-0.1, -0.05) is 54.1 Å². The van der Waals surface area contributed by atoms with Crippen LogP contribution in [0.3, 0.4) is 0 Å². The predicted molar refractivity (Wildman–Crippen MR) is 122 cm³/mol. The van der Waals surface area contributed by atoms with E-state index in [0.29, 0.717) is 34.4 Å². The fourth-order valence-electron chi connectivity index (χ4n) is 3.66. The molecule has 1 amide bonds. The summed E-state index contributed by atoms with van der Waals surface area (Å²) in [4.78, 5) is 19.8. The predicted octanol–water partition coefficient (Wildman–Crippen LogP) is 5.28. The van der Waals surface area contributed by atoms with Gasteiger partial charge in [0.2, 0.25) is 5.91 Å². The zero-order chi connectivity index (χ0) is 21.1. The molecule has 0 spiro atoms. The second-order valence-electron chi connectivity index (χ2n) is 7.41. The van der Waals surface area contributed by atoms with E-state index < -0.39 is 0 Å². The number of fused-ring (bicyclic) bond motifs is 1. The monoisotopic (exact) mass is 444 g/mol. The third kappa shape index (κ3) is 4.46. The SMILES string of the molecule is CCc1ccc(CC(=O)N(CC2CCCO2)c2nc3c(OC)ccc(Cl)c3s2)cc1. The first-order valence-corrected chi connectivity index (χ1v) is 11.4. The average molecular weight is 445 g/mol. The number of thiazole rings is 1. The minimum absolute atomic E-state index is 0.00361. The summed E-state index contributed by atoms with van der Waals surface area (Å²) in [6.07, 6.45) is 3.29. The second-order valence-corrected chi connectivity index (χ2v) is 8.79. The number of ether oxygens (including phenoxy) is 2. The summed E-state index contributed by atoms with van der Waals surface area (Å²) in [6.45, 7) is 3.35. The average Bonchev–Trinajstić information content (AvgIpc) is 3.43. The molecule has 0 radical (unpaired) electrons. The number of benzene rings is 2. The molecule has 3 aromatic rings. The van der Waals surface area contributed by atoms with Crippen molar-refractivity contribution in [3.05, 3.63) is 52.5 Å². The summed E-state index contributed by atoms with van der Waals surface area (Å²) in [5.41, 5.74) is 2.93. The Morgan fingerprint density at radius 2 is 2.03 bits per heavy atom. The Labute approximate surface area is 185 Å². The van der Waals surface area contributed by atoms with Crippen LogP contribution in [0.25, 0.3) is 10.2 Å². The lowest BCUT2D eigenvalue weighted by molar-refractivity contribution is -0.118. The molecule has 1 aliphatic heterocycles. The minimum atomic E-state index is 0.00361. The number of hydrogen-bond acceptors (Lipinski definition) is 5. The van der Waals surface area contributed by atoms with Gasteiger partial charge in [-0.05, 0) is 42.5 Å². The largest absolute Gasteiger partial charge is 0.494 e. The molecule has 30 heavy (non-hydrogen) atoms. The maximum Gasteiger partial charge on any atom is 0.233 e. The molecule has 2 aromatic carbocycles. The Morgan fingerprint density at radius 1 is 1.27 bits per heavy atom. The van der Waals surface area contributed by atoms with Gasteiger partial charge in [0.1, 0.15) is 11.3 Å². The van der Waals surface area contributed by atoms with Crippen LogP contribution >= 0.6 is 22.9 Å². The topological polar surface area (TPSA) is 51.7 Å². The van der Waals surface area contributed by atoms with Gasteiger partial charge in [0.15, 0.2) is 5.13 Å². The summed E-state index contributed by atoms with van der Waals surface area (Å²) in [7, 11) is 1.61. The number of hydrogen-bond donors (Lipinski definition) is 0. The maximum atomic E-state index is 13.3. The number of halogens is 1. The molecule has 2 heterocycles. The maximum absolute atomic E-state index is 13.3. The van der Waals surface area contributed by atoms with Gasteiger partial charge in [-0.15, -0.1) is 0 Å². The Morgan fingerprint density at radius 3 is 2.70 bits per heavy atom. The number of rotatable bonds is 7. The van der Waals surface area contributed by atoms with Gasteiger partial charge in [0, 0.05) is 6.61 Å². The van der Waals surface area contributed by atoms with Crippen molar-refractivity contribution in [1.82, 2.24) is 4.98 Å². The molecule has 0 aliphatic carbocycles. The first-order chi connectivity index (χ1) is 14.6. The van der Waals surface area contributed by atoms with Crippen LogP contribution in [0.2, 0.25) is 5.02 Å². The third-order valence-corrected chi connectivity index (χ3v) is 6.93. The van der Waals surface area contributed by atoms with E-state index in [-0.39, 0.29) is 12.0 Å². The highest BCUT2D eigenvalue weighted by Crippen LogP contribution is 2.39. The Bertz CT molecular complexity index is 1030. The highest BCUT2D eigenvalue weighted by Gasteiger charge is 2.27. The third-order valence-electron chi connectivity index (χ3n) is 5.40. The van der Waals surface area contributed by atoms with Gasteiger partial charge in [0.05, 0.1) is 35.9 Å². The standard InChI is InChI=1S/C23H25ClN2O3S/c1-3-15-6-8-16(9-7-15)13-20(27)26(14-17-5-4-12-29-17)23-25-21-19(28-2)11-10-18(24)22(21)30-23/h6-11,17H,3-5,12-14H2,1-2H3. The van der Waals surface area contributed by atoms with E-state index in [1.54, 1.807) is 24.1 Å². The Hall–Kier alpha value is -2.15. The number of anilines is 1. The van der Waals surface area contributed by atoms with Crippen LogP contribution in [0.5, 0.6) is 5.75 Å². The smallest absolute Gasteiger partial charge is 0.233 e. The first-order valence-electron chi connectivity index (χ1n) is 10.2. The second kappa shape index (κ2) is 9.33. The van der Waals surface area contributed by atoms with E-state index in [9.17, 15) is 4.79 Å². The lowest BCUT2D eigenvalue weighted by atomic mass is 10.1. The summed E-state index contributed by atoms with van der Waals surface area (Å²) in [5.74, 6) is 0.653. The number of carbonyl (C=O) groups is 1. The molecule has 4 rings (SSSR count). The number of amides is 1. The summed E-state index contributed by atoms with van der Waals surface area (Å²) in [6, 6.07) is 11.8. The van der Waals surface area contributed by atoms with E-state index in [1.165, 1.54) is 16.9 Å². The van der Waals surface area contributed by atoms with Crippen molar-refractivity contribution in [3.8, 4) is 5.75 Å². The number of aryl methyl sites for hydroxylation is 1. The van der Waals surface area contributed by atoms with E-state index in [0.717, 1.165) is 36.1 Å². The van der Waals surface area contributed by atoms with E-state index in [2.05, 4.69) is 19.1 Å². The van der Waals surface area contributed by atoms with Gasteiger partial charge in [-0.3, -0.25) is 9.69 Å². The number of methoxy groups -OCH3 is 1. The van der Waals surface area contributed by atoms with Gasteiger partial charge in [-0.25, -0.2) is 4.98 Å². The van der Waals surface area contributed by atoms with Gasteiger partial charge in [0.25, 0.3) is 0 Å². The van der Waals surface area contributed by atoms with Crippen molar-refractivity contribution in [3.63, 3.8) is 0 Å². The van der Waals surface area contributed by atoms with E-state index in [4.69, 9.17) is 26.1 Å². The van der Waals surface area contributed by atoms with Crippen molar-refractivity contribution in [1.29, 1.82) is 0 Å². The van der Waals surface area contributed by atoms with E-state index in [1.807, 2.05) is 12.1 Å². The molecule has 0 N–H and O–H groups in total. The van der Waals surface area contributed by atoms with Crippen molar-refractivity contribution in [2.75, 3.05) is 25.2 Å². The Kier molecular flexibility index (Phi) is 6.56. The van der Waals surface area contributed by atoms with Crippen molar-refractivity contribution >= 4 is 44.2 Å². The van der Waals surface area contributed by atoms with Crippen LogP contribution in [-0.2, 0) is 22.4 Å². The fourth-order valence-corrected chi connectivity index (χ4v) is 4.95. The lowest BCUT2D eigenvalue weighted by Gasteiger charge is -2.23. The van der Waals surface area contributed by atoms with Crippen LogP contribution in [0.4, 0.5) is 5.13 Å². The van der Waals surface area contributed by atoms with Crippen LogP contribution in [-0.4, -0.2) is 37.3 Å². The molecule has 0 saturated carbocycles. The molecule has 0 bridgehead atoms. The van der Waals surface area contributed by atoms with Crippen molar-refractivity contribution in [2.24, 2.45) is 0 Å². The van der Waals surface area contributed by atoms with Gasteiger partial charge in [-0.2, -0.15) is 0 Å². The molecule has 1 saturated heterocycles. The molecule has 1 atom stereocenters. The Balaban J connectivity index is 1.65. The van der Waals surface area contributed by atoms with Crippen LogP contribution in [0, 0.1) is 0 Å². The van der Waals surface area contributed by atoms with Crippen molar-refractivity contribution in [2.45, 2.75) is 38.7 Å². The molecule has 1 aliphatic rings. The number of carbonyl (C=O) groups excluding carboxylic acids is 1. The normalized spacial score (nSPS) is 16.2. The highest BCUT2D eigenvalue weighted by atomic mass is 35.5. The zero-order valence-electron chi connectivity index (χ0n) is 17.2. The zero-order valence-corrected chi connectivity index (χ0v) is 18.8. The molecule has 158 valence electrons. The summed E-state index contributed by atoms with van der Waals surface area (Å²) in [5, 5.41) is 1.23. The highest BCUT2D eigenvalue weighted by molar-refractivity contribution is 7.23. The molecular formula is C23H25ClN2O3S. The summed E-state index contributed by atoms with van der Waals surface area (Å²) >= 11 is 7.82. The fraction of sp³-hybridized carbons (Fsp3) is 0.391. The lowest BCUT2D eigenvalue weighted by Crippen LogP contribution is -2.38. The molecular weight excluding hydrogens is 420 g/mol. The number of aromatic nitrogens is 1. The van der Waals surface area contributed by atoms with Gasteiger partial charge < -0.3 is 9.47 Å². The van der Waals surface area contributed by atoms with Crippen LogP contribution in [0.1, 0.15) is 30.9 Å². The van der Waals surface area contributed by atoms with E-state index >= 15 is 0 Å². The van der Waals surface area contributed by atoms with Gasteiger partial charge >= 0.3 is 0 Å². The number of nitrogens with zero attached hydrogens (tertiary/aromatic N) is 2.